The van der Waals surface area contributed by atoms with Crippen molar-refractivity contribution in [2.24, 2.45) is 0 Å². The molecule has 2 fully saturated rings. The van der Waals surface area contributed by atoms with Crippen LogP contribution in [0.4, 0.5) is 4.79 Å². The number of benzene rings is 1. The first-order chi connectivity index (χ1) is 12.7. The molecular weight excluding hydrogens is 324 g/mol. The summed E-state index contributed by atoms with van der Waals surface area (Å²) >= 11 is 0. The van der Waals surface area contributed by atoms with Crippen molar-refractivity contribution in [3.8, 4) is 6.07 Å². The van der Waals surface area contributed by atoms with Crippen LogP contribution in [0.1, 0.15) is 56.2 Å². The standard InChI is InChI=1S/C21H30N4O/c1-2-17-8-10-18(11-9-17)20(16-22)24-12-14-25(15-13-24)21(26)23-19-6-4-3-5-7-19/h8-11,19-20H,2-7,12-15H2,1H3,(H,23,26). The molecule has 1 aliphatic carbocycles. The third kappa shape index (κ3) is 4.56. The number of nitrogens with one attached hydrogen (secondary N) is 1. The van der Waals surface area contributed by atoms with Gasteiger partial charge in [-0.05, 0) is 30.4 Å². The smallest absolute Gasteiger partial charge is 0.317 e. The highest BCUT2D eigenvalue weighted by Gasteiger charge is 2.28. The summed E-state index contributed by atoms with van der Waals surface area (Å²) in [7, 11) is 0. The molecule has 0 spiro atoms. The van der Waals surface area contributed by atoms with Gasteiger partial charge in [0.2, 0.25) is 0 Å². The first kappa shape index (κ1) is 18.7. The summed E-state index contributed by atoms with van der Waals surface area (Å²) in [6.07, 6.45) is 6.96. The molecule has 1 aliphatic heterocycles. The molecule has 1 N–H and O–H groups in total. The Balaban J connectivity index is 1.52. The van der Waals surface area contributed by atoms with Crippen molar-refractivity contribution in [2.75, 3.05) is 26.2 Å². The fourth-order valence-electron chi connectivity index (χ4n) is 4.00. The Hall–Kier alpha value is -2.06. The number of nitrogens with zero attached hydrogens (tertiary/aromatic N) is 3. The summed E-state index contributed by atoms with van der Waals surface area (Å²) in [6.45, 7) is 4.99. The SMILES string of the molecule is CCc1ccc(C(C#N)N2CCN(C(=O)NC3CCCCC3)CC2)cc1. The predicted molar refractivity (Wildman–Crippen MR) is 103 cm³/mol. The summed E-state index contributed by atoms with van der Waals surface area (Å²) in [6, 6.07) is 11.0. The van der Waals surface area contributed by atoms with Crippen LogP contribution in [0.5, 0.6) is 0 Å². The third-order valence-corrected chi connectivity index (χ3v) is 5.73. The molecule has 2 amide bonds. The zero-order chi connectivity index (χ0) is 18.4. The molecule has 0 aromatic heterocycles. The Kier molecular flexibility index (Phi) is 6.51. The number of rotatable bonds is 4. The van der Waals surface area contributed by atoms with E-state index in [4.69, 9.17) is 0 Å². The van der Waals surface area contributed by atoms with Gasteiger partial charge in [-0.2, -0.15) is 5.26 Å². The lowest BCUT2D eigenvalue weighted by Gasteiger charge is -2.37. The van der Waals surface area contributed by atoms with E-state index < -0.39 is 0 Å². The van der Waals surface area contributed by atoms with Gasteiger partial charge in [0, 0.05) is 32.2 Å². The van der Waals surface area contributed by atoms with Crippen molar-refractivity contribution in [3.05, 3.63) is 35.4 Å². The van der Waals surface area contributed by atoms with E-state index in [2.05, 4.69) is 47.5 Å². The molecular formula is C21H30N4O. The van der Waals surface area contributed by atoms with E-state index >= 15 is 0 Å². The molecule has 2 aliphatic rings. The Morgan fingerprint density at radius 3 is 2.38 bits per heavy atom. The summed E-state index contributed by atoms with van der Waals surface area (Å²) in [5.41, 5.74) is 2.33. The van der Waals surface area contributed by atoms with Gasteiger partial charge >= 0.3 is 6.03 Å². The highest BCUT2D eigenvalue weighted by atomic mass is 16.2. The molecule has 1 unspecified atom stereocenters. The summed E-state index contributed by atoms with van der Waals surface area (Å²) in [5, 5.41) is 12.9. The lowest BCUT2D eigenvalue weighted by molar-refractivity contribution is 0.121. The number of urea groups is 1. The molecule has 1 atom stereocenters. The Bertz CT molecular complexity index is 622. The zero-order valence-corrected chi connectivity index (χ0v) is 15.8. The van der Waals surface area contributed by atoms with Crippen molar-refractivity contribution >= 4 is 6.03 Å². The van der Waals surface area contributed by atoms with Crippen LogP contribution in [-0.2, 0) is 6.42 Å². The maximum absolute atomic E-state index is 12.5. The van der Waals surface area contributed by atoms with Crippen LogP contribution < -0.4 is 5.32 Å². The molecule has 0 radical (unpaired) electrons. The van der Waals surface area contributed by atoms with Gasteiger partial charge in [-0.3, -0.25) is 4.90 Å². The molecule has 26 heavy (non-hydrogen) atoms. The molecule has 1 aromatic carbocycles. The van der Waals surface area contributed by atoms with Crippen LogP contribution in [0.15, 0.2) is 24.3 Å². The molecule has 1 saturated heterocycles. The first-order valence-electron chi connectivity index (χ1n) is 9.99. The van der Waals surface area contributed by atoms with Crippen LogP contribution in [0, 0.1) is 11.3 Å². The van der Waals surface area contributed by atoms with Crippen LogP contribution >= 0.6 is 0 Å². The summed E-state index contributed by atoms with van der Waals surface area (Å²) < 4.78 is 0. The van der Waals surface area contributed by atoms with Crippen LogP contribution in [0.3, 0.4) is 0 Å². The van der Waals surface area contributed by atoms with Gasteiger partial charge in [0.25, 0.3) is 0 Å². The largest absolute Gasteiger partial charge is 0.335 e. The van der Waals surface area contributed by atoms with E-state index in [0.29, 0.717) is 19.1 Å². The number of amides is 2. The lowest BCUT2D eigenvalue weighted by Crippen LogP contribution is -2.54. The monoisotopic (exact) mass is 354 g/mol. The molecule has 1 saturated carbocycles. The minimum absolute atomic E-state index is 0.0670. The van der Waals surface area contributed by atoms with Crippen molar-refractivity contribution in [1.82, 2.24) is 15.1 Å². The van der Waals surface area contributed by atoms with Gasteiger partial charge in [-0.1, -0.05) is 50.5 Å². The number of hydrogen-bond donors (Lipinski definition) is 1. The van der Waals surface area contributed by atoms with E-state index in [9.17, 15) is 10.1 Å². The third-order valence-electron chi connectivity index (χ3n) is 5.73. The van der Waals surface area contributed by atoms with E-state index in [-0.39, 0.29) is 12.1 Å². The summed E-state index contributed by atoms with van der Waals surface area (Å²) in [5.74, 6) is 0. The molecule has 1 heterocycles. The van der Waals surface area contributed by atoms with Gasteiger partial charge in [0.15, 0.2) is 0 Å². The van der Waals surface area contributed by atoms with Crippen molar-refractivity contribution in [1.29, 1.82) is 5.26 Å². The van der Waals surface area contributed by atoms with E-state index in [0.717, 1.165) is 37.9 Å². The topological polar surface area (TPSA) is 59.4 Å². The second-order valence-corrected chi connectivity index (χ2v) is 7.43. The quantitative estimate of drug-likeness (QED) is 0.900. The first-order valence-corrected chi connectivity index (χ1v) is 9.99. The van der Waals surface area contributed by atoms with Gasteiger partial charge in [-0.25, -0.2) is 4.79 Å². The molecule has 3 rings (SSSR count). The molecule has 5 nitrogen and oxygen atoms in total. The average molecular weight is 354 g/mol. The fraction of sp³-hybridized carbons (Fsp3) is 0.619. The number of carbonyl (C=O) groups excluding carboxylic acids is 1. The Morgan fingerprint density at radius 2 is 1.81 bits per heavy atom. The van der Waals surface area contributed by atoms with Gasteiger partial charge in [-0.15, -0.1) is 0 Å². The number of aryl methyl sites for hydroxylation is 1. The average Bonchev–Trinajstić information content (AvgIpc) is 2.70. The predicted octanol–water partition coefficient (Wildman–Crippen LogP) is 3.47. The maximum atomic E-state index is 12.5. The van der Waals surface area contributed by atoms with Gasteiger partial charge in [0.05, 0.1) is 6.07 Å². The second kappa shape index (κ2) is 9.05. The minimum Gasteiger partial charge on any atom is -0.335 e. The Labute approximate surface area is 157 Å². The van der Waals surface area contributed by atoms with E-state index in [1.807, 2.05) is 4.90 Å². The highest BCUT2D eigenvalue weighted by Crippen LogP contribution is 2.23. The Morgan fingerprint density at radius 1 is 1.15 bits per heavy atom. The van der Waals surface area contributed by atoms with Crippen molar-refractivity contribution in [3.63, 3.8) is 0 Å². The number of carbonyl (C=O) groups is 1. The van der Waals surface area contributed by atoms with Gasteiger partial charge in [0.1, 0.15) is 6.04 Å². The number of piperazine rings is 1. The normalized spacial score (nSPS) is 20.4. The molecule has 1 aromatic rings. The molecule has 140 valence electrons. The second-order valence-electron chi connectivity index (χ2n) is 7.43. The molecule has 0 bridgehead atoms. The van der Waals surface area contributed by atoms with E-state index in [1.54, 1.807) is 0 Å². The fourth-order valence-corrected chi connectivity index (χ4v) is 4.00. The maximum Gasteiger partial charge on any atom is 0.317 e. The number of nitriles is 1. The van der Waals surface area contributed by atoms with Gasteiger partial charge < -0.3 is 10.2 Å². The van der Waals surface area contributed by atoms with Crippen molar-refractivity contribution < 1.29 is 4.79 Å². The van der Waals surface area contributed by atoms with Crippen LogP contribution in [0.25, 0.3) is 0 Å². The molecule has 5 heteroatoms. The lowest BCUT2D eigenvalue weighted by atomic mass is 9.96. The van der Waals surface area contributed by atoms with Crippen molar-refractivity contribution in [2.45, 2.75) is 57.5 Å². The highest BCUT2D eigenvalue weighted by molar-refractivity contribution is 5.74. The minimum atomic E-state index is -0.232. The summed E-state index contributed by atoms with van der Waals surface area (Å²) in [4.78, 5) is 16.6. The number of hydrogen-bond acceptors (Lipinski definition) is 3. The zero-order valence-electron chi connectivity index (χ0n) is 15.8. The van der Waals surface area contributed by atoms with E-state index in [1.165, 1.54) is 24.8 Å². The van der Waals surface area contributed by atoms with Crippen LogP contribution in [0.2, 0.25) is 0 Å². The van der Waals surface area contributed by atoms with Crippen LogP contribution in [-0.4, -0.2) is 48.1 Å².